The van der Waals surface area contributed by atoms with Crippen molar-refractivity contribution in [1.29, 1.82) is 0 Å². The summed E-state index contributed by atoms with van der Waals surface area (Å²) >= 11 is 0. The number of aryl methyl sites for hydroxylation is 3. The maximum absolute atomic E-state index is 12.1. The Balaban J connectivity index is 1.49. The molecule has 0 unspecified atom stereocenters. The maximum Gasteiger partial charge on any atom is 0.276 e. The number of amides is 2. The lowest BCUT2D eigenvalue weighted by Crippen LogP contribution is -2.44. The molecular weight excluding hydrogens is 344 g/mol. The van der Waals surface area contributed by atoms with Crippen molar-refractivity contribution in [3.05, 3.63) is 64.9 Å². The fraction of sp³-hybridized carbons (Fsp3) is 0.238. The largest absolute Gasteiger partial charge is 0.483 e. The van der Waals surface area contributed by atoms with Gasteiger partial charge in [-0.1, -0.05) is 24.3 Å². The summed E-state index contributed by atoms with van der Waals surface area (Å²) in [6.07, 6.45) is 1.67. The van der Waals surface area contributed by atoms with Crippen molar-refractivity contribution >= 4 is 22.8 Å². The van der Waals surface area contributed by atoms with Gasteiger partial charge in [0.05, 0.1) is 12.7 Å². The number of hydrogen-bond donors (Lipinski definition) is 2. The van der Waals surface area contributed by atoms with Crippen LogP contribution in [0.4, 0.5) is 0 Å². The first-order chi connectivity index (χ1) is 12.9. The van der Waals surface area contributed by atoms with Crippen LogP contribution in [0.25, 0.3) is 11.0 Å². The van der Waals surface area contributed by atoms with Crippen LogP contribution in [0.3, 0.4) is 0 Å². The third-order valence-electron chi connectivity index (χ3n) is 4.21. The van der Waals surface area contributed by atoms with Crippen LogP contribution < -0.4 is 15.6 Å². The number of carbonyl (C=O) groups is 2. The van der Waals surface area contributed by atoms with Gasteiger partial charge in [-0.3, -0.25) is 20.4 Å². The molecule has 2 amide bonds. The standard InChI is InChI=1S/C21H22N2O4/c1-13-4-6-15(3)18(8-13)27-12-21(25)23-22-20(24)10-16-11-26-19-9-14(2)5-7-17(16)19/h4-9,11H,10,12H2,1-3H3,(H,22,24)(H,23,25). The quantitative estimate of drug-likeness (QED) is 0.680. The fourth-order valence-corrected chi connectivity index (χ4v) is 2.73. The summed E-state index contributed by atoms with van der Waals surface area (Å²) in [5.74, 6) is -0.119. The molecule has 0 saturated carbocycles. The summed E-state index contributed by atoms with van der Waals surface area (Å²) in [4.78, 5) is 24.0. The Kier molecular flexibility index (Phi) is 5.45. The number of hydrogen-bond acceptors (Lipinski definition) is 4. The van der Waals surface area contributed by atoms with E-state index in [0.29, 0.717) is 5.75 Å². The van der Waals surface area contributed by atoms with Crippen LogP contribution in [0.1, 0.15) is 22.3 Å². The van der Waals surface area contributed by atoms with Crippen molar-refractivity contribution < 1.29 is 18.7 Å². The lowest BCUT2D eigenvalue weighted by atomic mass is 10.1. The van der Waals surface area contributed by atoms with E-state index in [1.54, 1.807) is 6.26 Å². The van der Waals surface area contributed by atoms with Crippen LogP contribution >= 0.6 is 0 Å². The predicted octanol–water partition coefficient (Wildman–Crippen LogP) is 3.13. The molecule has 0 aliphatic rings. The smallest absolute Gasteiger partial charge is 0.276 e. The average Bonchev–Trinajstić information content (AvgIpc) is 3.02. The number of hydrazine groups is 1. The van der Waals surface area contributed by atoms with E-state index < -0.39 is 5.91 Å². The fourth-order valence-electron chi connectivity index (χ4n) is 2.73. The van der Waals surface area contributed by atoms with Gasteiger partial charge in [-0.15, -0.1) is 0 Å². The zero-order valence-electron chi connectivity index (χ0n) is 15.6. The molecule has 6 heteroatoms. The summed E-state index contributed by atoms with van der Waals surface area (Å²) in [6.45, 7) is 5.65. The Hall–Kier alpha value is -3.28. The van der Waals surface area contributed by atoms with E-state index in [4.69, 9.17) is 9.15 Å². The maximum atomic E-state index is 12.1. The minimum Gasteiger partial charge on any atom is -0.483 e. The van der Waals surface area contributed by atoms with Crippen LogP contribution in [0.2, 0.25) is 0 Å². The van der Waals surface area contributed by atoms with Gasteiger partial charge in [0, 0.05) is 10.9 Å². The Morgan fingerprint density at radius 2 is 1.67 bits per heavy atom. The third-order valence-corrected chi connectivity index (χ3v) is 4.21. The van der Waals surface area contributed by atoms with E-state index in [1.807, 2.05) is 57.2 Å². The highest BCUT2D eigenvalue weighted by molar-refractivity contribution is 5.89. The molecule has 2 aromatic carbocycles. The molecule has 0 aliphatic heterocycles. The molecule has 0 fully saturated rings. The van der Waals surface area contributed by atoms with Crippen molar-refractivity contribution in [2.75, 3.05) is 6.61 Å². The van der Waals surface area contributed by atoms with Gasteiger partial charge in [-0.05, 0) is 49.6 Å². The first-order valence-corrected chi connectivity index (χ1v) is 8.67. The van der Waals surface area contributed by atoms with E-state index in [9.17, 15) is 9.59 Å². The third kappa shape index (κ3) is 4.67. The monoisotopic (exact) mass is 366 g/mol. The summed E-state index contributed by atoms with van der Waals surface area (Å²) in [7, 11) is 0. The van der Waals surface area contributed by atoms with E-state index >= 15 is 0 Å². The van der Waals surface area contributed by atoms with E-state index in [2.05, 4.69) is 10.9 Å². The van der Waals surface area contributed by atoms with Gasteiger partial charge in [0.1, 0.15) is 11.3 Å². The number of carbonyl (C=O) groups excluding carboxylic acids is 2. The second kappa shape index (κ2) is 7.95. The molecule has 3 aromatic rings. The number of ether oxygens (including phenoxy) is 1. The van der Waals surface area contributed by atoms with Gasteiger partial charge in [0.25, 0.3) is 5.91 Å². The van der Waals surface area contributed by atoms with Crippen molar-refractivity contribution in [3.63, 3.8) is 0 Å². The van der Waals surface area contributed by atoms with Crippen molar-refractivity contribution in [2.24, 2.45) is 0 Å². The Labute approximate surface area is 157 Å². The second-order valence-electron chi connectivity index (χ2n) is 6.59. The molecule has 140 valence electrons. The molecule has 0 bridgehead atoms. The number of furan rings is 1. The van der Waals surface area contributed by atoms with Gasteiger partial charge in [-0.25, -0.2) is 0 Å². The van der Waals surface area contributed by atoms with Crippen molar-refractivity contribution in [3.8, 4) is 5.75 Å². The Morgan fingerprint density at radius 1 is 0.963 bits per heavy atom. The summed E-state index contributed by atoms with van der Waals surface area (Å²) < 4.78 is 11.0. The highest BCUT2D eigenvalue weighted by atomic mass is 16.5. The molecular formula is C21H22N2O4. The molecule has 0 spiro atoms. The van der Waals surface area contributed by atoms with E-state index in [1.165, 1.54) is 0 Å². The van der Waals surface area contributed by atoms with Crippen LogP contribution in [0, 0.1) is 20.8 Å². The highest BCUT2D eigenvalue weighted by Gasteiger charge is 2.12. The minimum atomic E-state index is -0.433. The summed E-state index contributed by atoms with van der Waals surface area (Å²) in [5.41, 5.74) is 9.35. The predicted molar refractivity (Wildman–Crippen MR) is 102 cm³/mol. The van der Waals surface area contributed by atoms with Crippen molar-refractivity contribution in [1.82, 2.24) is 10.9 Å². The molecule has 0 saturated heterocycles. The zero-order chi connectivity index (χ0) is 19.4. The highest BCUT2D eigenvalue weighted by Crippen LogP contribution is 2.22. The molecule has 6 nitrogen and oxygen atoms in total. The van der Waals surface area contributed by atoms with Gasteiger partial charge in [-0.2, -0.15) is 0 Å². The zero-order valence-corrected chi connectivity index (χ0v) is 15.6. The van der Waals surface area contributed by atoms with Gasteiger partial charge >= 0.3 is 0 Å². The molecule has 1 heterocycles. The number of benzene rings is 2. The summed E-state index contributed by atoms with van der Waals surface area (Å²) in [5, 5.41) is 0.889. The summed E-state index contributed by atoms with van der Waals surface area (Å²) in [6, 6.07) is 11.6. The lowest BCUT2D eigenvalue weighted by Gasteiger charge is -2.11. The molecule has 0 radical (unpaired) electrons. The normalized spacial score (nSPS) is 10.6. The van der Waals surface area contributed by atoms with Crippen LogP contribution in [-0.4, -0.2) is 18.4 Å². The molecule has 1 aromatic heterocycles. The molecule has 0 atom stereocenters. The topological polar surface area (TPSA) is 80.6 Å². The SMILES string of the molecule is Cc1ccc(C)c(OCC(=O)NNC(=O)Cc2coc3cc(C)ccc23)c1. The molecule has 2 N–H and O–H groups in total. The first kappa shape index (κ1) is 18.5. The van der Waals surface area contributed by atoms with E-state index in [0.717, 1.165) is 33.2 Å². The average molecular weight is 366 g/mol. The second-order valence-corrected chi connectivity index (χ2v) is 6.59. The minimum absolute atomic E-state index is 0.105. The van der Waals surface area contributed by atoms with Crippen molar-refractivity contribution in [2.45, 2.75) is 27.2 Å². The number of rotatable bonds is 5. The molecule has 3 rings (SSSR count). The lowest BCUT2D eigenvalue weighted by molar-refractivity contribution is -0.129. The van der Waals surface area contributed by atoms with Gasteiger partial charge in [0.2, 0.25) is 5.91 Å². The van der Waals surface area contributed by atoms with Gasteiger partial charge in [0.15, 0.2) is 6.61 Å². The van der Waals surface area contributed by atoms with Crippen LogP contribution in [-0.2, 0) is 16.0 Å². The Bertz CT molecular complexity index is 991. The molecule has 27 heavy (non-hydrogen) atoms. The molecule has 0 aliphatic carbocycles. The first-order valence-electron chi connectivity index (χ1n) is 8.67. The number of fused-ring (bicyclic) bond motifs is 1. The Morgan fingerprint density at radius 3 is 2.48 bits per heavy atom. The van der Waals surface area contributed by atoms with Crippen LogP contribution in [0.15, 0.2) is 47.1 Å². The van der Waals surface area contributed by atoms with E-state index in [-0.39, 0.29) is 18.9 Å². The van der Waals surface area contributed by atoms with Crippen LogP contribution in [0.5, 0.6) is 5.75 Å². The van der Waals surface area contributed by atoms with Gasteiger partial charge < -0.3 is 9.15 Å². The number of nitrogens with one attached hydrogen (secondary N) is 2.